The SMILES string of the molecule is CCN(CC)CCCC(C)n1cc(C)nc1NC. The lowest BCUT2D eigenvalue weighted by Gasteiger charge is -2.20. The maximum Gasteiger partial charge on any atom is 0.203 e. The molecular weight excluding hydrogens is 224 g/mol. The van der Waals surface area contributed by atoms with Crippen LogP contribution < -0.4 is 5.32 Å². The maximum absolute atomic E-state index is 4.47. The molecule has 1 unspecified atom stereocenters. The van der Waals surface area contributed by atoms with E-state index in [0.29, 0.717) is 6.04 Å². The molecule has 1 heterocycles. The van der Waals surface area contributed by atoms with Gasteiger partial charge in [-0.15, -0.1) is 0 Å². The molecule has 0 aliphatic heterocycles. The van der Waals surface area contributed by atoms with Gasteiger partial charge in [0.25, 0.3) is 0 Å². The molecule has 18 heavy (non-hydrogen) atoms. The third-order valence-electron chi connectivity index (χ3n) is 3.54. The lowest BCUT2D eigenvalue weighted by Crippen LogP contribution is -2.24. The second-order valence-corrected chi connectivity index (χ2v) is 4.88. The van der Waals surface area contributed by atoms with Crippen LogP contribution in [0.1, 0.15) is 45.3 Å². The van der Waals surface area contributed by atoms with Crippen molar-refractivity contribution in [3.63, 3.8) is 0 Å². The number of nitrogens with zero attached hydrogens (tertiary/aromatic N) is 3. The number of hydrogen-bond acceptors (Lipinski definition) is 3. The van der Waals surface area contributed by atoms with Crippen LogP contribution in [0.3, 0.4) is 0 Å². The van der Waals surface area contributed by atoms with E-state index < -0.39 is 0 Å². The molecule has 0 aromatic carbocycles. The molecule has 1 aromatic heterocycles. The monoisotopic (exact) mass is 252 g/mol. The summed E-state index contributed by atoms with van der Waals surface area (Å²) in [4.78, 5) is 6.94. The summed E-state index contributed by atoms with van der Waals surface area (Å²) in [6.45, 7) is 12.3. The molecule has 0 fully saturated rings. The van der Waals surface area contributed by atoms with Crippen molar-refractivity contribution in [2.24, 2.45) is 0 Å². The molecule has 4 nitrogen and oxygen atoms in total. The highest BCUT2D eigenvalue weighted by Crippen LogP contribution is 2.19. The van der Waals surface area contributed by atoms with Crippen LogP contribution in [-0.2, 0) is 0 Å². The largest absolute Gasteiger partial charge is 0.359 e. The highest BCUT2D eigenvalue weighted by atomic mass is 15.2. The van der Waals surface area contributed by atoms with Gasteiger partial charge in [0.05, 0.1) is 5.69 Å². The molecule has 0 amide bonds. The fraction of sp³-hybridized carbons (Fsp3) is 0.786. The number of anilines is 1. The zero-order chi connectivity index (χ0) is 13.5. The quantitative estimate of drug-likeness (QED) is 0.772. The normalized spacial score (nSPS) is 13.0. The van der Waals surface area contributed by atoms with Crippen molar-refractivity contribution in [3.8, 4) is 0 Å². The maximum atomic E-state index is 4.47. The van der Waals surface area contributed by atoms with E-state index in [4.69, 9.17) is 0 Å². The minimum Gasteiger partial charge on any atom is -0.359 e. The van der Waals surface area contributed by atoms with Crippen molar-refractivity contribution in [2.45, 2.75) is 46.6 Å². The molecule has 0 bridgehead atoms. The van der Waals surface area contributed by atoms with E-state index in [2.05, 4.69) is 46.7 Å². The molecule has 1 aromatic rings. The first-order valence-electron chi connectivity index (χ1n) is 7.07. The second kappa shape index (κ2) is 7.41. The van der Waals surface area contributed by atoms with E-state index in [1.54, 1.807) is 0 Å². The summed E-state index contributed by atoms with van der Waals surface area (Å²) in [5.74, 6) is 0.975. The third kappa shape index (κ3) is 4.02. The molecule has 1 rings (SSSR count). The van der Waals surface area contributed by atoms with Gasteiger partial charge in [-0.1, -0.05) is 13.8 Å². The molecular formula is C14H28N4. The summed E-state index contributed by atoms with van der Waals surface area (Å²) >= 11 is 0. The van der Waals surface area contributed by atoms with Crippen LogP contribution in [0.5, 0.6) is 0 Å². The van der Waals surface area contributed by atoms with Crippen LogP contribution in [0.4, 0.5) is 5.95 Å². The minimum atomic E-state index is 0.504. The highest BCUT2D eigenvalue weighted by molar-refractivity contribution is 5.28. The van der Waals surface area contributed by atoms with Gasteiger partial charge in [0.15, 0.2) is 0 Å². The first kappa shape index (κ1) is 15.0. The Morgan fingerprint density at radius 1 is 1.39 bits per heavy atom. The van der Waals surface area contributed by atoms with Gasteiger partial charge >= 0.3 is 0 Å². The van der Waals surface area contributed by atoms with E-state index >= 15 is 0 Å². The highest BCUT2D eigenvalue weighted by Gasteiger charge is 2.11. The van der Waals surface area contributed by atoms with Crippen molar-refractivity contribution in [3.05, 3.63) is 11.9 Å². The average molecular weight is 252 g/mol. The molecule has 0 radical (unpaired) electrons. The fourth-order valence-corrected chi connectivity index (χ4v) is 2.33. The number of hydrogen-bond donors (Lipinski definition) is 1. The van der Waals surface area contributed by atoms with Gasteiger partial charge in [0, 0.05) is 19.3 Å². The van der Waals surface area contributed by atoms with Gasteiger partial charge in [-0.05, 0) is 46.3 Å². The number of aromatic nitrogens is 2. The predicted molar refractivity (Wildman–Crippen MR) is 78.2 cm³/mol. The summed E-state index contributed by atoms with van der Waals surface area (Å²) in [5.41, 5.74) is 1.08. The van der Waals surface area contributed by atoms with Crippen LogP contribution in [0, 0.1) is 6.92 Å². The molecule has 1 N–H and O–H groups in total. The molecule has 0 saturated carbocycles. The molecule has 0 spiro atoms. The van der Waals surface area contributed by atoms with Crippen molar-refractivity contribution in [1.29, 1.82) is 0 Å². The van der Waals surface area contributed by atoms with E-state index in [1.165, 1.54) is 19.4 Å². The Kier molecular flexibility index (Phi) is 6.19. The van der Waals surface area contributed by atoms with Gasteiger partial charge in [0.1, 0.15) is 0 Å². The third-order valence-corrected chi connectivity index (χ3v) is 3.54. The number of rotatable bonds is 8. The van der Waals surface area contributed by atoms with Crippen molar-refractivity contribution < 1.29 is 0 Å². The summed E-state index contributed by atoms with van der Waals surface area (Å²) < 4.78 is 2.25. The second-order valence-electron chi connectivity index (χ2n) is 4.88. The Balaban J connectivity index is 2.47. The van der Waals surface area contributed by atoms with Crippen molar-refractivity contribution in [2.75, 3.05) is 32.0 Å². The molecule has 0 aliphatic rings. The first-order chi connectivity index (χ1) is 8.62. The first-order valence-corrected chi connectivity index (χ1v) is 7.07. The lowest BCUT2D eigenvalue weighted by molar-refractivity contribution is 0.288. The molecule has 0 saturated heterocycles. The van der Waals surface area contributed by atoms with Gasteiger partial charge in [0.2, 0.25) is 5.95 Å². The minimum absolute atomic E-state index is 0.504. The van der Waals surface area contributed by atoms with Crippen LogP contribution in [0.2, 0.25) is 0 Å². The Morgan fingerprint density at radius 2 is 2.06 bits per heavy atom. The van der Waals surface area contributed by atoms with Crippen molar-refractivity contribution in [1.82, 2.24) is 14.5 Å². The van der Waals surface area contributed by atoms with E-state index in [1.807, 2.05) is 14.0 Å². The van der Waals surface area contributed by atoms with Gasteiger partial charge in [-0.25, -0.2) is 4.98 Å². The van der Waals surface area contributed by atoms with Crippen LogP contribution >= 0.6 is 0 Å². The number of nitrogens with one attached hydrogen (secondary N) is 1. The zero-order valence-corrected chi connectivity index (χ0v) is 12.5. The Bertz CT molecular complexity index is 342. The van der Waals surface area contributed by atoms with Crippen LogP contribution in [-0.4, -0.2) is 41.1 Å². The Hall–Kier alpha value is -1.03. The molecule has 0 aliphatic carbocycles. The average Bonchev–Trinajstić information content (AvgIpc) is 2.75. The number of aryl methyl sites for hydroxylation is 1. The summed E-state index contributed by atoms with van der Waals surface area (Å²) in [6.07, 6.45) is 4.57. The van der Waals surface area contributed by atoms with E-state index in [9.17, 15) is 0 Å². The predicted octanol–water partition coefficient (Wildman–Crippen LogP) is 2.92. The van der Waals surface area contributed by atoms with E-state index in [0.717, 1.165) is 24.7 Å². The number of imidazole rings is 1. The smallest absolute Gasteiger partial charge is 0.203 e. The summed E-state index contributed by atoms with van der Waals surface area (Å²) in [6, 6.07) is 0.504. The standard InChI is InChI=1S/C14H28N4/c1-6-17(7-2)10-8-9-13(4)18-11-12(3)16-14(18)15-5/h11,13H,6-10H2,1-5H3,(H,15,16). The molecule has 4 heteroatoms. The Morgan fingerprint density at radius 3 is 2.61 bits per heavy atom. The zero-order valence-electron chi connectivity index (χ0n) is 12.5. The van der Waals surface area contributed by atoms with Crippen molar-refractivity contribution >= 4 is 5.95 Å². The van der Waals surface area contributed by atoms with Gasteiger partial charge < -0.3 is 14.8 Å². The van der Waals surface area contributed by atoms with Gasteiger partial charge in [-0.2, -0.15) is 0 Å². The topological polar surface area (TPSA) is 33.1 Å². The van der Waals surface area contributed by atoms with E-state index in [-0.39, 0.29) is 0 Å². The van der Waals surface area contributed by atoms with Crippen LogP contribution in [0.25, 0.3) is 0 Å². The summed E-state index contributed by atoms with van der Waals surface area (Å²) in [5, 5.41) is 3.16. The summed E-state index contributed by atoms with van der Waals surface area (Å²) in [7, 11) is 1.93. The molecule has 1 atom stereocenters. The lowest BCUT2D eigenvalue weighted by atomic mass is 10.1. The Labute approximate surface area is 111 Å². The van der Waals surface area contributed by atoms with Gasteiger partial charge in [-0.3, -0.25) is 0 Å². The fourth-order valence-electron chi connectivity index (χ4n) is 2.33. The van der Waals surface area contributed by atoms with Crippen LogP contribution in [0.15, 0.2) is 6.20 Å². The molecule has 104 valence electrons.